The first-order valence-corrected chi connectivity index (χ1v) is 6.53. The van der Waals surface area contributed by atoms with Gasteiger partial charge in [0.15, 0.2) is 5.76 Å². The van der Waals surface area contributed by atoms with Crippen LogP contribution in [0.25, 0.3) is 0 Å². The van der Waals surface area contributed by atoms with Crippen LogP contribution in [-0.2, 0) is 0 Å². The highest BCUT2D eigenvalue weighted by Gasteiger charge is 2.29. The molecule has 3 nitrogen and oxygen atoms in total. The van der Waals surface area contributed by atoms with Crippen molar-refractivity contribution >= 4 is 5.91 Å². The van der Waals surface area contributed by atoms with Gasteiger partial charge < -0.3 is 9.73 Å². The number of hydrogen-bond donors (Lipinski definition) is 1. The Balaban J connectivity index is 1.98. The second-order valence-electron chi connectivity index (χ2n) is 5.25. The van der Waals surface area contributed by atoms with Crippen LogP contribution in [0.5, 0.6) is 0 Å². The molecule has 3 heteroatoms. The van der Waals surface area contributed by atoms with Gasteiger partial charge >= 0.3 is 0 Å². The largest absolute Gasteiger partial charge is 0.459 e. The Kier molecular flexibility index (Phi) is 3.87. The van der Waals surface area contributed by atoms with Crippen LogP contribution < -0.4 is 5.32 Å². The second-order valence-corrected chi connectivity index (χ2v) is 5.25. The Morgan fingerprint density at radius 1 is 1.41 bits per heavy atom. The lowest BCUT2D eigenvalue weighted by Crippen LogP contribution is -2.43. The van der Waals surface area contributed by atoms with E-state index in [1.807, 2.05) is 0 Å². The van der Waals surface area contributed by atoms with Gasteiger partial charge in [-0.1, -0.05) is 26.7 Å². The third-order valence-electron chi connectivity index (χ3n) is 3.74. The van der Waals surface area contributed by atoms with Crippen LogP contribution in [0.4, 0.5) is 0 Å². The van der Waals surface area contributed by atoms with Gasteiger partial charge in [-0.15, -0.1) is 0 Å². The van der Waals surface area contributed by atoms with E-state index in [1.165, 1.54) is 25.5 Å². The minimum absolute atomic E-state index is 0.0763. The molecule has 1 amide bonds. The van der Waals surface area contributed by atoms with Crippen LogP contribution in [0.1, 0.15) is 50.1 Å². The number of carbonyl (C=O) groups is 1. The van der Waals surface area contributed by atoms with E-state index >= 15 is 0 Å². The van der Waals surface area contributed by atoms with Crippen molar-refractivity contribution in [1.29, 1.82) is 0 Å². The van der Waals surface area contributed by atoms with Crippen molar-refractivity contribution in [3.63, 3.8) is 0 Å². The number of furan rings is 1. The first kappa shape index (κ1) is 12.2. The van der Waals surface area contributed by atoms with E-state index in [0.29, 0.717) is 23.6 Å². The van der Waals surface area contributed by atoms with Gasteiger partial charge in [0, 0.05) is 6.04 Å². The molecule has 2 atom stereocenters. The fourth-order valence-corrected chi connectivity index (χ4v) is 2.78. The zero-order chi connectivity index (χ0) is 12.3. The second kappa shape index (κ2) is 5.39. The maximum absolute atomic E-state index is 11.9. The number of amides is 1. The van der Waals surface area contributed by atoms with E-state index in [2.05, 4.69) is 19.2 Å². The summed E-state index contributed by atoms with van der Waals surface area (Å²) in [7, 11) is 0. The summed E-state index contributed by atoms with van der Waals surface area (Å²) in [5, 5.41) is 3.12. The van der Waals surface area contributed by atoms with Crippen LogP contribution in [0, 0.1) is 11.8 Å². The maximum Gasteiger partial charge on any atom is 0.287 e. The van der Waals surface area contributed by atoms with Gasteiger partial charge in [0.2, 0.25) is 0 Å². The molecular formula is C14H21NO2. The summed E-state index contributed by atoms with van der Waals surface area (Å²) in [5.74, 6) is 1.56. The van der Waals surface area contributed by atoms with E-state index in [9.17, 15) is 4.79 Å². The first-order chi connectivity index (χ1) is 8.18. The number of hydrogen-bond acceptors (Lipinski definition) is 2. The molecule has 0 aromatic carbocycles. The Morgan fingerprint density at radius 2 is 2.18 bits per heavy atom. The molecule has 0 bridgehead atoms. The Morgan fingerprint density at radius 3 is 2.82 bits per heavy atom. The predicted molar refractivity (Wildman–Crippen MR) is 66.8 cm³/mol. The van der Waals surface area contributed by atoms with Gasteiger partial charge in [0.1, 0.15) is 0 Å². The van der Waals surface area contributed by atoms with Crippen molar-refractivity contribution in [2.24, 2.45) is 11.8 Å². The van der Waals surface area contributed by atoms with Gasteiger partial charge in [0.05, 0.1) is 6.26 Å². The molecule has 0 aliphatic heterocycles. The molecule has 0 spiro atoms. The highest BCUT2D eigenvalue weighted by molar-refractivity contribution is 5.91. The van der Waals surface area contributed by atoms with Crippen molar-refractivity contribution < 1.29 is 9.21 Å². The average Bonchev–Trinajstić information content (AvgIpc) is 2.83. The first-order valence-electron chi connectivity index (χ1n) is 6.53. The normalized spacial score (nSPS) is 24.9. The molecule has 17 heavy (non-hydrogen) atoms. The number of rotatable bonds is 3. The highest BCUT2D eigenvalue weighted by Crippen LogP contribution is 2.30. The molecule has 1 N–H and O–H groups in total. The van der Waals surface area contributed by atoms with Crippen molar-refractivity contribution in [3.05, 3.63) is 24.2 Å². The zero-order valence-corrected chi connectivity index (χ0v) is 10.6. The van der Waals surface area contributed by atoms with Crippen LogP contribution in [-0.4, -0.2) is 11.9 Å². The quantitative estimate of drug-likeness (QED) is 0.874. The van der Waals surface area contributed by atoms with Gasteiger partial charge in [-0.25, -0.2) is 0 Å². The molecule has 1 saturated carbocycles. The third kappa shape index (κ3) is 2.90. The molecule has 0 radical (unpaired) electrons. The summed E-state index contributed by atoms with van der Waals surface area (Å²) in [4.78, 5) is 11.9. The molecule has 2 unspecified atom stereocenters. The summed E-state index contributed by atoms with van der Waals surface area (Å²) < 4.78 is 5.12. The van der Waals surface area contributed by atoms with E-state index in [4.69, 9.17) is 4.42 Å². The molecule has 1 aliphatic carbocycles. The number of nitrogens with one attached hydrogen (secondary N) is 1. The van der Waals surface area contributed by atoms with E-state index in [0.717, 1.165) is 6.42 Å². The van der Waals surface area contributed by atoms with Crippen LogP contribution >= 0.6 is 0 Å². The van der Waals surface area contributed by atoms with E-state index in [-0.39, 0.29) is 5.91 Å². The Hall–Kier alpha value is -1.25. The van der Waals surface area contributed by atoms with E-state index in [1.54, 1.807) is 12.1 Å². The Bertz CT molecular complexity index is 356. The average molecular weight is 235 g/mol. The minimum Gasteiger partial charge on any atom is -0.459 e. The molecular weight excluding hydrogens is 214 g/mol. The maximum atomic E-state index is 11.9. The summed E-state index contributed by atoms with van der Waals surface area (Å²) in [6, 6.07) is 3.76. The lowest BCUT2D eigenvalue weighted by atomic mass is 9.78. The van der Waals surface area contributed by atoms with Gasteiger partial charge in [-0.3, -0.25) is 4.79 Å². The summed E-state index contributed by atoms with van der Waals surface area (Å²) in [6.07, 6.45) is 6.36. The third-order valence-corrected chi connectivity index (χ3v) is 3.74. The SMILES string of the molecule is CC(C)C1CCCCC1NC(=O)c1ccco1. The molecule has 1 aliphatic rings. The Labute approximate surface area is 103 Å². The predicted octanol–water partition coefficient (Wildman–Crippen LogP) is 3.22. The summed E-state index contributed by atoms with van der Waals surface area (Å²) in [6.45, 7) is 4.48. The molecule has 1 fully saturated rings. The van der Waals surface area contributed by atoms with Gasteiger partial charge in [0.25, 0.3) is 5.91 Å². The lowest BCUT2D eigenvalue weighted by Gasteiger charge is -2.34. The van der Waals surface area contributed by atoms with Crippen molar-refractivity contribution in [3.8, 4) is 0 Å². The smallest absolute Gasteiger partial charge is 0.287 e. The van der Waals surface area contributed by atoms with Gasteiger partial charge in [-0.2, -0.15) is 0 Å². The van der Waals surface area contributed by atoms with Crippen molar-refractivity contribution in [1.82, 2.24) is 5.32 Å². The molecule has 1 heterocycles. The van der Waals surface area contributed by atoms with Crippen LogP contribution in [0.15, 0.2) is 22.8 Å². The zero-order valence-electron chi connectivity index (χ0n) is 10.6. The topological polar surface area (TPSA) is 42.2 Å². The van der Waals surface area contributed by atoms with Crippen molar-refractivity contribution in [2.75, 3.05) is 0 Å². The van der Waals surface area contributed by atoms with Crippen LogP contribution in [0.2, 0.25) is 0 Å². The molecule has 2 rings (SSSR count). The lowest BCUT2D eigenvalue weighted by molar-refractivity contribution is 0.0861. The standard InChI is InChI=1S/C14H21NO2/c1-10(2)11-6-3-4-7-12(11)15-14(16)13-8-5-9-17-13/h5,8-12H,3-4,6-7H2,1-2H3,(H,15,16). The summed E-state index contributed by atoms with van der Waals surface area (Å²) >= 11 is 0. The van der Waals surface area contributed by atoms with Crippen LogP contribution in [0.3, 0.4) is 0 Å². The van der Waals surface area contributed by atoms with Crippen molar-refractivity contribution in [2.45, 2.75) is 45.6 Å². The van der Waals surface area contributed by atoms with Gasteiger partial charge in [-0.05, 0) is 36.8 Å². The summed E-state index contributed by atoms with van der Waals surface area (Å²) in [5.41, 5.74) is 0. The number of carbonyl (C=O) groups excluding carboxylic acids is 1. The molecule has 0 saturated heterocycles. The molecule has 94 valence electrons. The fraction of sp³-hybridized carbons (Fsp3) is 0.643. The minimum atomic E-state index is -0.0763. The fourth-order valence-electron chi connectivity index (χ4n) is 2.78. The monoisotopic (exact) mass is 235 g/mol. The highest BCUT2D eigenvalue weighted by atomic mass is 16.3. The molecule has 1 aromatic heterocycles. The molecule has 1 aromatic rings. The van der Waals surface area contributed by atoms with E-state index < -0.39 is 0 Å².